The van der Waals surface area contributed by atoms with Gasteiger partial charge in [-0.15, -0.1) is 0 Å². The highest BCUT2D eigenvalue weighted by atomic mass is 19.4. The molecule has 0 radical (unpaired) electrons. The molecule has 102 valence electrons. The number of halogens is 3. The van der Waals surface area contributed by atoms with Gasteiger partial charge < -0.3 is 11.1 Å². The van der Waals surface area contributed by atoms with E-state index in [9.17, 15) is 18.0 Å². The van der Waals surface area contributed by atoms with Crippen LogP contribution in [0.5, 0.6) is 0 Å². The molecule has 1 heterocycles. The molecule has 0 aromatic carbocycles. The number of carbonyl (C=O) groups excluding carboxylic acids is 1. The summed E-state index contributed by atoms with van der Waals surface area (Å²) in [5.74, 6) is -0.650. The van der Waals surface area contributed by atoms with Crippen molar-refractivity contribution >= 4 is 11.6 Å². The van der Waals surface area contributed by atoms with Crippen LogP contribution in [0.2, 0.25) is 0 Å². The lowest BCUT2D eigenvalue weighted by Crippen LogP contribution is -2.24. The molecule has 7 heteroatoms. The maximum absolute atomic E-state index is 12.3. The summed E-state index contributed by atoms with van der Waals surface area (Å²) in [6, 6.07) is 1.85. The molecule has 1 aromatic rings. The zero-order valence-electron chi connectivity index (χ0n) is 9.82. The number of rotatable bonds is 2. The summed E-state index contributed by atoms with van der Waals surface area (Å²) in [6.45, 7) is 0. The fraction of sp³-hybridized carbons (Fsp3) is 0.333. The molecule has 1 aliphatic carbocycles. The summed E-state index contributed by atoms with van der Waals surface area (Å²) in [4.78, 5) is 15.0. The molecule has 0 saturated carbocycles. The highest BCUT2D eigenvalue weighted by Gasteiger charge is 2.32. The van der Waals surface area contributed by atoms with Crippen LogP contribution in [0.25, 0.3) is 0 Å². The van der Waals surface area contributed by atoms with Crippen molar-refractivity contribution < 1.29 is 18.0 Å². The topological polar surface area (TPSA) is 68.0 Å². The van der Waals surface area contributed by atoms with E-state index >= 15 is 0 Å². The molecular weight excluding hydrogens is 259 g/mol. The molecule has 2 rings (SSSR count). The number of pyridine rings is 1. The van der Waals surface area contributed by atoms with Crippen LogP contribution < -0.4 is 11.1 Å². The Bertz CT molecular complexity index is 496. The van der Waals surface area contributed by atoms with E-state index in [4.69, 9.17) is 5.73 Å². The third-order valence-corrected chi connectivity index (χ3v) is 2.77. The molecule has 1 aliphatic rings. The molecule has 0 aliphatic heterocycles. The van der Waals surface area contributed by atoms with Gasteiger partial charge in [0.2, 0.25) is 5.91 Å². The summed E-state index contributed by atoms with van der Waals surface area (Å²) in [5.41, 5.74) is 4.86. The van der Waals surface area contributed by atoms with Gasteiger partial charge in [-0.2, -0.15) is 13.2 Å². The van der Waals surface area contributed by atoms with Gasteiger partial charge in [-0.3, -0.25) is 4.79 Å². The van der Waals surface area contributed by atoms with Gasteiger partial charge in [-0.1, -0.05) is 12.2 Å². The van der Waals surface area contributed by atoms with E-state index in [1.54, 1.807) is 12.2 Å². The van der Waals surface area contributed by atoms with Crippen molar-refractivity contribution in [3.63, 3.8) is 0 Å². The van der Waals surface area contributed by atoms with E-state index in [0.717, 1.165) is 12.3 Å². The first kappa shape index (κ1) is 13.5. The summed E-state index contributed by atoms with van der Waals surface area (Å²) in [7, 11) is 0. The van der Waals surface area contributed by atoms with E-state index in [2.05, 4.69) is 10.3 Å². The van der Waals surface area contributed by atoms with Crippen LogP contribution in [0.4, 0.5) is 18.9 Å². The molecule has 1 amide bonds. The van der Waals surface area contributed by atoms with Crippen molar-refractivity contribution in [1.29, 1.82) is 0 Å². The van der Waals surface area contributed by atoms with Crippen LogP contribution in [0.3, 0.4) is 0 Å². The number of hydrogen-bond donors (Lipinski definition) is 2. The first-order valence-electron chi connectivity index (χ1n) is 5.64. The van der Waals surface area contributed by atoms with Crippen LogP contribution in [0.1, 0.15) is 12.1 Å². The Labute approximate surface area is 107 Å². The largest absolute Gasteiger partial charge is 0.433 e. The Balaban J connectivity index is 2.00. The van der Waals surface area contributed by atoms with Crippen LogP contribution in [0.15, 0.2) is 30.5 Å². The number of hydrogen-bond acceptors (Lipinski definition) is 3. The fourth-order valence-corrected chi connectivity index (χ4v) is 1.79. The van der Waals surface area contributed by atoms with Crippen molar-refractivity contribution in [3.8, 4) is 0 Å². The van der Waals surface area contributed by atoms with E-state index < -0.39 is 11.9 Å². The predicted octanol–water partition coefficient (Wildman–Crippen LogP) is 1.94. The van der Waals surface area contributed by atoms with Crippen molar-refractivity contribution in [1.82, 2.24) is 4.98 Å². The Kier molecular flexibility index (Phi) is 3.57. The number of carbonyl (C=O) groups is 1. The maximum atomic E-state index is 12.3. The van der Waals surface area contributed by atoms with E-state index in [1.807, 2.05) is 0 Å². The molecule has 0 fully saturated rings. The van der Waals surface area contributed by atoms with Crippen LogP contribution in [-0.2, 0) is 11.0 Å². The Morgan fingerprint density at radius 1 is 1.37 bits per heavy atom. The van der Waals surface area contributed by atoms with E-state index in [0.29, 0.717) is 6.42 Å². The standard InChI is InChI=1S/C12H12F3N3O/c13-12(14,15)10-4-3-9(6-17-10)18-11(19)7-1-2-8(16)5-7/h1-4,6-8H,5,16H2,(H,18,19). The van der Waals surface area contributed by atoms with Gasteiger partial charge >= 0.3 is 6.18 Å². The smallest absolute Gasteiger partial charge is 0.324 e. The maximum Gasteiger partial charge on any atom is 0.433 e. The second kappa shape index (κ2) is 5.00. The number of nitrogens with zero attached hydrogens (tertiary/aromatic N) is 1. The average molecular weight is 271 g/mol. The fourth-order valence-electron chi connectivity index (χ4n) is 1.79. The minimum atomic E-state index is -4.48. The van der Waals surface area contributed by atoms with Gasteiger partial charge in [-0.25, -0.2) is 4.98 Å². The van der Waals surface area contributed by atoms with Gasteiger partial charge in [0.15, 0.2) is 0 Å². The second-order valence-corrected chi connectivity index (χ2v) is 4.31. The molecule has 2 unspecified atom stereocenters. The molecule has 0 bridgehead atoms. The van der Waals surface area contributed by atoms with Gasteiger partial charge in [0.1, 0.15) is 5.69 Å². The molecule has 1 aromatic heterocycles. The molecule has 4 nitrogen and oxygen atoms in total. The normalized spacial score (nSPS) is 22.5. The zero-order valence-corrected chi connectivity index (χ0v) is 9.82. The van der Waals surface area contributed by atoms with Gasteiger partial charge in [0, 0.05) is 6.04 Å². The van der Waals surface area contributed by atoms with Crippen molar-refractivity contribution in [2.24, 2.45) is 11.7 Å². The molecule has 0 saturated heterocycles. The Morgan fingerprint density at radius 2 is 2.11 bits per heavy atom. The second-order valence-electron chi connectivity index (χ2n) is 4.31. The van der Waals surface area contributed by atoms with Crippen molar-refractivity contribution in [2.45, 2.75) is 18.6 Å². The summed E-state index contributed by atoms with van der Waals surface area (Å²) in [6.07, 6.45) is 0.426. The van der Waals surface area contributed by atoms with E-state index in [-0.39, 0.29) is 23.6 Å². The first-order valence-corrected chi connectivity index (χ1v) is 5.64. The first-order chi connectivity index (χ1) is 8.86. The van der Waals surface area contributed by atoms with Crippen molar-refractivity contribution in [3.05, 3.63) is 36.2 Å². The zero-order chi connectivity index (χ0) is 14.0. The van der Waals surface area contributed by atoms with Crippen LogP contribution >= 0.6 is 0 Å². The number of alkyl halides is 3. The molecular formula is C12H12F3N3O. The monoisotopic (exact) mass is 271 g/mol. The average Bonchev–Trinajstić information content (AvgIpc) is 2.75. The number of nitrogens with two attached hydrogens (primary N) is 1. The number of amides is 1. The number of anilines is 1. The van der Waals surface area contributed by atoms with Crippen LogP contribution in [-0.4, -0.2) is 16.9 Å². The minimum Gasteiger partial charge on any atom is -0.324 e. The Hall–Kier alpha value is -1.89. The van der Waals surface area contributed by atoms with Gasteiger partial charge in [0.05, 0.1) is 17.8 Å². The third-order valence-electron chi connectivity index (χ3n) is 2.77. The van der Waals surface area contributed by atoms with Crippen molar-refractivity contribution in [2.75, 3.05) is 5.32 Å². The minimum absolute atomic E-state index is 0.151. The molecule has 19 heavy (non-hydrogen) atoms. The highest BCUT2D eigenvalue weighted by Crippen LogP contribution is 2.28. The quantitative estimate of drug-likeness (QED) is 0.808. The van der Waals surface area contributed by atoms with Crippen LogP contribution in [0, 0.1) is 5.92 Å². The van der Waals surface area contributed by atoms with Gasteiger partial charge in [-0.05, 0) is 18.6 Å². The highest BCUT2D eigenvalue weighted by molar-refractivity contribution is 5.93. The lowest BCUT2D eigenvalue weighted by Gasteiger charge is -2.11. The summed E-state index contributed by atoms with van der Waals surface area (Å²) >= 11 is 0. The molecule has 2 atom stereocenters. The Morgan fingerprint density at radius 3 is 2.58 bits per heavy atom. The van der Waals surface area contributed by atoms with Gasteiger partial charge in [0.25, 0.3) is 0 Å². The third kappa shape index (κ3) is 3.31. The SMILES string of the molecule is NC1C=CC(C(=O)Nc2ccc(C(F)(F)F)nc2)C1. The van der Waals surface area contributed by atoms with E-state index in [1.165, 1.54) is 6.07 Å². The predicted molar refractivity (Wildman–Crippen MR) is 63.1 cm³/mol. The molecule has 0 spiro atoms. The lowest BCUT2D eigenvalue weighted by atomic mass is 10.1. The lowest BCUT2D eigenvalue weighted by molar-refractivity contribution is -0.141. The summed E-state index contributed by atoms with van der Waals surface area (Å²) in [5, 5.41) is 2.51. The molecule has 3 N–H and O–H groups in total. The number of aromatic nitrogens is 1. The number of nitrogens with one attached hydrogen (secondary N) is 1. The summed E-state index contributed by atoms with van der Waals surface area (Å²) < 4.78 is 36.9.